The van der Waals surface area contributed by atoms with Crippen LogP contribution >= 0.6 is 0 Å². The fourth-order valence-electron chi connectivity index (χ4n) is 2.63. The van der Waals surface area contributed by atoms with E-state index in [2.05, 4.69) is 15.5 Å². The van der Waals surface area contributed by atoms with Gasteiger partial charge in [0.15, 0.2) is 0 Å². The van der Waals surface area contributed by atoms with Gasteiger partial charge in [0.25, 0.3) is 5.91 Å². The average molecular weight is 441 g/mol. The van der Waals surface area contributed by atoms with Gasteiger partial charge in [-0.1, -0.05) is 12.1 Å². The highest BCUT2D eigenvalue weighted by Gasteiger charge is 2.37. The molecule has 1 heterocycles. The summed E-state index contributed by atoms with van der Waals surface area (Å²) in [5.74, 6) is -0.854. The lowest BCUT2D eigenvalue weighted by molar-refractivity contribution is -0.143. The van der Waals surface area contributed by atoms with Crippen molar-refractivity contribution in [3.63, 3.8) is 0 Å². The van der Waals surface area contributed by atoms with E-state index in [1.54, 1.807) is 18.2 Å². The Morgan fingerprint density at radius 2 is 1.52 bits per heavy atom. The average Bonchev–Trinajstić information content (AvgIpc) is 2.72. The van der Waals surface area contributed by atoms with Crippen LogP contribution in [0.25, 0.3) is 11.3 Å². The molecule has 2 aromatic carbocycles. The van der Waals surface area contributed by atoms with Gasteiger partial charge in [-0.05, 0) is 36.4 Å². The topological polar surface area (TPSA) is 64.1 Å². The summed E-state index contributed by atoms with van der Waals surface area (Å²) in [4.78, 5) is 12.4. The second kappa shape index (κ2) is 8.25. The zero-order valence-corrected chi connectivity index (χ0v) is 15.7. The first-order valence-corrected chi connectivity index (χ1v) is 8.56. The Kier molecular flexibility index (Phi) is 5.87. The van der Waals surface area contributed by atoms with Crippen molar-refractivity contribution < 1.29 is 35.9 Å². The summed E-state index contributed by atoms with van der Waals surface area (Å²) >= 11 is 0. The number of hydrogen-bond donors (Lipinski definition) is 1. The van der Waals surface area contributed by atoms with E-state index in [1.165, 1.54) is 25.3 Å². The molecule has 1 amide bonds. The summed E-state index contributed by atoms with van der Waals surface area (Å²) in [6, 6.07) is 9.88. The summed E-state index contributed by atoms with van der Waals surface area (Å²) in [7, 11) is 1.41. The molecule has 0 bridgehead atoms. The summed E-state index contributed by atoms with van der Waals surface area (Å²) in [6.07, 6.45) is -10.1. The van der Waals surface area contributed by atoms with E-state index >= 15 is 0 Å². The molecule has 0 saturated carbocycles. The molecule has 0 aliphatic carbocycles. The third-order valence-electron chi connectivity index (χ3n) is 4.12. The fourth-order valence-corrected chi connectivity index (χ4v) is 2.63. The van der Waals surface area contributed by atoms with Crippen molar-refractivity contribution in [1.29, 1.82) is 0 Å². The van der Waals surface area contributed by atoms with Crippen LogP contribution in [-0.4, -0.2) is 23.2 Å². The number of rotatable bonds is 4. The van der Waals surface area contributed by atoms with Gasteiger partial charge in [-0.3, -0.25) is 4.79 Å². The second-order valence-corrected chi connectivity index (χ2v) is 6.29. The van der Waals surface area contributed by atoms with Gasteiger partial charge < -0.3 is 10.1 Å². The van der Waals surface area contributed by atoms with Crippen molar-refractivity contribution in [2.24, 2.45) is 0 Å². The van der Waals surface area contributed by atoms with Crippen LogP contribution in [0.2, 0.25) is 0 Å². The van der Waals surface area contributed by atoms with Crippen molar-refractivity contribution in [2.75, 3.05) is 12.4 Å². The fraction of sp³-hybridized carbons (Fsp3) is 0.150. The quantitative estimate of drug-likeness (QED) is 0.548. The van der Waals surface area contributed by atoms with Crippen LogP contribution < -0.4 is 10.1 Å². The maximum atomic E-state index is 13.0. The molecule has 0 spiro atoms. The molecule has 1 N–H and O–H groups in total. The first kappa shape index (κ1) is 22.1. The Bertz CT molecular complexity index is 1060. The number of halogens is 6. The zero-order chi connectivity index (χ0) is 22.8. The highest BCUT2D eigenvalue weighted by molar-refractivity contribution is 6.04. The van der Waals surface area contributed by atoms with Gasteiger partial charge in [0.05, 0.1) is 23.9 Å². The molecule has 0 aliphatic heterocycles. The number of hydrogen-bond acceptors (Lipinski definition) is 4. The zero-order valence-electron chi connectivity index (χ0n) is 15.7. The molecular formula is C20H13F6N3O2. The number of alkyl halides is 6. The highest BCUT2D eigenvalue weighted by atomic mass is 19.4. The molecule has 31 heavy (non-hydrogen) atoms. The third-order valence-corrected chi connectivity index (χ3v) is 4.12. The highest BCUT2D eigenvalue weighted by Crippen LogP contribution is 2.36. The van der Waals surface area contributed by atoms with E-state index in [0.717, 1.165) is 0 Å². The second-order valence-electron chi connectivity index (χ2n) is 6.29. The molecule has 11 heteroatoms. The monoisotopic (exact) mass is 441 g/mol. The Morgan fingerprint density at radius 1 is 0.871 bits per heavy atom. The molecule has 0 fully saturated rings. The minimum Gasteiger partial charge on any atom is -0.480 e. The lowest BCUT2D eigenvalue weighted by atomic mass is 10.0. The van der Waals surface area contributed by atoms with Crippen LogP contribution in [0.15, 0.2) is 54.6 Å². The van der Waals surface area contributed by atoms with Crippen LogP contribution in [0.4, 0.5) is 32.0 Å². The predicted molar refractivity (Wildman–Crippen MR) is 98.4 cm³/mol. The minimum atomic E-state index is -5.05. The molecule has 0 atom stereocenters. The number of anilines is 1. The number of carbonyl (C=O) groups excluding carboxylic acids is 1. The number of ether oxygens (including phenoxy) is 1. The maximum absolute atomic E-state index is 13.0. The maximum Gasteiger partial charge on any atom is 0.416 e. The number of nitrogens with one attached hydrogen (secondary N) is 1. The molecule has 0 saturated heterocycles. The lowest BCUT2D eigenvalue weighted by Crippen LogP contribution is -2.17. The molecule has 3 rings (SSSR count). The number of carbonyl (C=O) groups is 1. The van der Waals surface area contributed by atoms with E-state index in [1.807, 2.05) is 0 Å². The summed E-state index contributed by atoms with van der Waals surface area (Å²) in [5.41, 5.74) is -2.87. The smallest absolute Gasteiger partial charge is 0.416 e. The molecule has 5 nitrogen and oxygen atoms in total. The van der Waals surface area contributed by atoms with Crippen molar-refractivity contribution in [3.8, 4) is 17.1 Å². The van der Waals surface area contributed by atoms with Crippen LogP contribution in [0.1, 0.15) is 21.5 Å². The first-order valence-electron chi connectivity index (χ1n) is 8.56. The van der Waals surface area contributed by atoms with Gasteiger partial charge in [0, 0.05) is 22.9 Å². The Labute approximate surface area is 171 Å². The summed E-state index contributed by atoms with van der Waals surface area (Å²) < 4.78 is 82.9. The Balaban J connectivity index is 1.91. The van der Waals surface area contributed by atoms with Crippen molar-refractivity contribution >= 4 is 11.6 Å². The summed E-state index contributed by atoms with van der Waals surface area (Å²) in [5, 5.41) is 10.0. The molecule has 162 valence electrons. The first-order chi connectivity index (χ1) is 14.5. The minimum absolute atomic E-state index is 0.0419. The van der Waals surface area contributed by atoms with E-state index in [0.29, 0.717) is 23.4 Å². The van der Waals surface area contributed by atoms with E-state index in [9.17, 15) is 31.1 Å². The van der Waals surface area contributed by atoms with E-state index in [-0.39, 0.29) is 17.6 Å². The van der Waals surface area contributed by atoms with E-state index < -0.39 is 35.0 Å². The Morgan fingerprint density at radius 3 is 2.03 bits per heavy atom. The van der Waals surface area contributed by atoms with Crippen LogP contribution in [0.5, 0.6) is 5.88 Å². The molecule has 1 aromatic heterocycles. The third kappa shape index (κ3) is 5.30. The predicted octanol–water partition coefficient (Wildman–Crippen LogP) is 5.44. The number of nitrogens with zero attached hydrogens (tertiary/aromatic N) is 2. The van der Waals surface area contributed by atoms with Crippen molar-refractivity contribution in [1.82, 2.24) is 10.2 Å². The number of benzene rings is 2. The van der Waals surface area contributed by atoms with Gasteiger partial charge in [0.2, 0.25) is 5.88 Å². The lowest BCUT2D eigenvalue weighted by Gasteiger charge is -2.14. The van der Waals surface area contributed by atoms with Crippen molar-refractivity contribution in [3.05, 3.63) is 71.3 Å². The van der Waals surface area contributed by atoms with Gasteiger partial charge in [-0.2, -0.15) is 26.3 Å². The standard InChI is InChI=1S/C20H13F6N3O2/c1-31-17-6-5-16(28-29-17)11-3-2-4-15(9-11)27-18(30)12-7-13(19(21,22)23)10-14(8-12)20(24,25)26/h2-10H,1H3,(H,27,30). The number of aromatic nitrogens is 2. The van der Waals surface area contributed by atoms with Crippen molar-refractivity contribution in [2.45, 2.75) is 12.4 Å². The van der Waals surface area contributed by atoms with Crippen LogP contribution in [-0.2, 0) is 12.4 Å². The molecule has 0 unspecified atom stereocenters. The Hall–Kier alpha value is -3.63. The summed E-state index contributed by atoms with van der Waals surface area (Å²) in [6.45, 7) is 0. The van der Waals surface area contributed by atoms with Crippen LogP contribution in [0, 0.1) is 0 Å². The normalized spacial score (nSPS) is 11.8. The SMILES string of the molecule is COc1ccc(-c2cccc(NC(=O)c3cc(C(F)(F)F)cc(C(F)(F)F)c3)c2)nn1. The van der Waals surface area contributed by atoms with Gasteiger partial charge in [-0.15, -0.1) is 10.2 Å². The molecule has 0 radical (unpaired) electrons. The largest absolute Gasteiger partial charge is 0.480 e. The molecule has 3 aromatic rings. The van der Waals surface area contributed by atoms with Gasteiger partial charge >= 0.3 is 12.4 Å². The molecule has 0 aliphatic rings. The molecular weight excluding hydrogens is 428 g/mol. The number of methoxy groups -OCH3 is 1. The number of amides is 1. The van der Waals surface area contributed by atoms with E-state index in [4.69, 9.17) is 4.74 Å². The van der Waals surface area contributed by atoms with Gasteiger partial charge in [0.1, 0.15) is 0 Å². The van der Waals surface area contributed by atoms with Crippen LogP contribution in [0.3, 0.4) is 0 Å². The van der Waals surface area contributed by atoms with Gasteiger partial charge in [-0.25, -0.2) is 0 Å².